The molecule has 4 heteroatoms. The molecule has 1 N–H and O–H groups in total. The Labute approximate surface area is 126 Å². The molecule has 0 saturated heterocycles. The van der Waals surface area contributed by atoms with E-state index in [0.717, 1.165) is 35.6 Å². The molecule has 0 saturated carbocycles. The maximum atomic E-state index is 5.45. The third-order valence-corrected chi connectivity index (χ3v) is 3.37. The van der Waals surface area contributed by atoms with Crippen molar-refractivity contribution < 1.29 is 9.47 Å². The zero-order valence-electron chi connectivity index (χ0n) is 12.8. The van der Waals surface area contributed by atoms with Gasteiger partial charge in [-0.15, -0.1) is 0 Å². The van der Waals surface area contributed by atoms with Gasteiger partial charge in [-0.25, -0.2) is 0 Å². The minimum Gasteiger partial charge on any atom is -0.497 e. The molecule has 0 aliphatic heterocycles. The van der Waals surface area contributed by atoms with E-state index < -0.39 is 0 Å². The molecule has 112 valence electrons. The average molecular weight is 286 g/mol. The second kappa shape index (κ2) is 7.64. The number of hydrogen-bond acceptors (Lipinski definition) is 4. The Balaban J connectivity index is 2.41. The van der Waals surface area contributed by atoms with Crippen molar-refractivity contribution >= 4 is 0 Å². The maximum Gasteiger partial charge on any atom is 0.142 e. The number of benzene rings is 1. The normalized spacial score (nSPS) is 12.0. The largest absolute Gasteiger partial charge is 0.497 e. The summed E-state index contributed by atoms with van der Waals surface area (Å²) in [6.07, 6.45) is 4.60. The highest BCUT2D eigenvalue weighted by atomic mass is 16.5. The first-order chi connectivity index (χ1) is 10.3. The highest BCUT2D eigenvalue weighted by Crippen LogP contribution is 2.30. The summed E-state index contributed by atoms with van der Waals surface area (Å²) in [4.78, 5) is 4.13. The van der Waals surface area contributed by atoms with E-state index in [1.54, 1.807) is 26.6 Å². The van der Waals surface area contributed by atoms with E-state index in [0.29, 0.717) is 0 Å². The van der Waals surface area contributed by atoms with Crippen molar-refractivity contribution in [3.63, 3.8) is 0 Å². The summed E-state index contributed by atoms with van der Waals surface area (Å²) >= 11 is 0. The molecule has 1 heterocycles. The Morgan fingerprint density at radius 3 is 2.76 bits per heavy atom. The van der Waals surface area contributed by atoms with Gasteiger partial charge in [-0.05, 0) is 36.7 Å². The summed E-state index contributed by atoms with van der Waals surface area (Å²) in [6, 6.07) is 10.1. The van der Waals surface area contributed by atoms with Crippen LogP contribution in [0, 0.1) is 0 Å². The summed E-state index contributed by atoms with van der Waals surface area (Å²) in [5, 5.41) is 3.56. The lowest BCUT2D eigenvalue weighted by Crippen LogP contribution is -2.23. The predicted octanol–water partition coefficient (Wildman–Crippen LogP) is 3.19. The topological polar surface area (TPSA) is 43.4 Å². The molecule has 0 bridgehead atoms. The van der Waals surface area contributed by atoms with Gasteiger partial charge in [0, 0.05) is 11.8 Å². The van der Waals surface area contributed by atoms with Crippen LogP contribution in [0.5, 0.6) is 11.5 Å². The highest BCUT2D eigenvalue weighted by Gasteiger charge is 2.18. The molecule has 1 atom stereocenters. The van der Waals surface area contributed by atoms with Crippen LogP contribution in [0.15, 0.2) is 42.7 Å². The summed E-state index contributed by atoms with van der Waals surface area (Å²) in [7, 11) is 3.35. The number of methoxy groups -OCH3 is 2. The van der Waals surface area contributed by atoms with E-state index in [9.17, 15) is 0 Å². The van der Waals surface area contributed by atoms with Gasteiger partial charge in [0.05, 0.1) is 26.5 Å². The molecule has 1 aromatic carbocycles. The number of rotatable bonds is 7. The number of ether oxygens (including phenoxy) is 2. The lowest BCUT2D eigenvalue weighted by Gasteiger charge is -2.22. The van der Waals surface area contributed by atoms with E-state index in [-0.39, 0.29) is 6.04 Å². The first-order valence-electron chi connectivity index (χ1n) is 7.15. The zero-order chi connectivity index (χ0) is 15.1. The number of pyridine rings is 1. The maximum absolute atomic E-state index is 5.45. The monoisotopic (exact) mass is 286 g/mol. The summed E-state index contributed by atoms with van der Waals surface area (Å²) < 4.78 is 10.8. The number of nitrogens with zero attached hydrogens (tertiary/aromatic N) is 1. The van der Waals surface area contributed by atoms with Gasteiger partial charge in [0.2, 0.25) is 0 Å². The van der Waals surface area contributed by atoms with Crippen molar-refractivity contribution in [2.24, 2.45) is 0 Å². The quantitative estimate of drug-likeness (QED) is 0.849. The molecule has 0 amide bonds. The highest BCUT2D eigenvalue weighted by molar-refractivity contribution is 5.42. The van der Waals surface area contributed by atoms with Gasteiger partial charge in [0.25, 0.3) is 0 Å². The van der Waals surface area contributed by atoms with E-state index >= 15 is 0 Å². The average Bonchev–Trinajstić information content (AvgIpc) is 2.56. The third-order valence-electron chi connectivity index (χ3n) is 3.37. The van der Waals surface area contributed by atoms with Gasteiger partial charge in [-0.3, -0.25) is 4.98 Å². The minimum atomic E-state index is 0.0537. The van der Waals surface area contributed by atoms with Crippen LogP contribution < -0.4 is 14.8 Å². The first kappa shape index (κ1) is 15.3. The van der Waals surface area contributed by atoms with Crippen LogP contribution in [0.3, 0.4) is 0 Å². The number of hydrogen-bond donors (Lipinski definition) is 1. The fourth-order valence-corrected chi connectivity index (χ4v) is 2.32. The zero-order valence-corrected chi connectivity index (χ0v) is 12.8. The molecule has 1 aromatic heterocycles. The predicted molar refractivity (Wildman–Crippen MR) is 83.9 cm³/mol. The summed E-state index contributed by atoms with van der Waals surface area (Å²) in [5.74, 6) is 1.64. The van der Waals surface area contributed by atoms with Crippen molar-refractivity contribution in [1.29, 1.82) is 0 Å². The smallest absolute Gasteiger partial charge is 0.142 e. The van der Waals surface area contributed by atoms with Crippen LogP contribution in [-0.4, -0.2) is 25.7 Å². The molecular formula is C17H22N2O2. The Kier molecular flexibility index (Phi) is 5.58. The summed E-state index contributed by atoms with van der Waals surface area (Å²) in [6.45, 7) is 3.08. The van der Waals surface area contributed by atoms with Gasteiger partial charge < -0.3 is 14.8 Å². The number of aromatic nitrogens is 1. The standard InChI is InChI=1S/C17H22N2O2/c1-4-9-19-17(13-6-5-7-14(11-13)20-2)15-8-10-18-12-16(15)21-3/h5-8,10-12,17,19H,4,9H2,1-3H3. The molecule has 1 unspecified atom stereocenters. The van der Waals surface area contributed by atoms with Crippen LogP contribution >= 0.6 is 0 Å². The first-order valence-corrected chi connectivity index (χ1v) is 7.15. The molecule has 2 rings (SSSR count). The van der Waals surface area contributed by atoms with E-state index in [4.69, 9.17) is 9.47 Å². The van der Waals surface area contributed by atoms with Crippen molar-refractivity contribution in [2.75, 3.05) is 20.8 Å². The van der Waals surface area contributed by atoms with Gasteiger partial charge in [-0.1, -0.05) is 19.1 Å². The molecule has 0 radical (unpaired) electrons. The van der Waals surface area contributed by atoms with Gasteiger partial charge >= 0.3 is 0 Å². The number of nitrogens with one attached hydrogen (secondary N) is 1. The Bertz CT molecular complexity index is 572. The van der Waals surface area contributed by atoms with Crippen LogP contribution in [0.25, 0.3) is 0 Å². The Morgan fingerprint density at radius 1 is 1.19 bits per heavy atom. The van der Waals surface area contributed by atoms with Crippen molar-refractivity contribution in [3.05, 3.63) is 53.9 Å². The fraction of sp³-hybridized carbons (Fsp3) is 0.353. The van der Waals surface area contributed by atoms with Crippen LogP contribution in [-0.2, 0) is 0 Å². The molecule has 0 fully saturated rings. The second-order valence-corrected chi connectivity index (χ2v) is 4.78. The van der Waals surface area contributed by atoms with E-state index in [1.165, 1.54) is 0 Å². The molecule has 0 aliphatic rings. The SMILES string of the molecule is CCCNC(c1cccc(OC)c1)c1ccncc1OC. The molecule has 21 heavy (non-hydrogen) atoms. The van der Waals surface area contributed by atoms with Gasteiger partial charge in [-0.2, -0.15) is 0 Å². The fourth-order valence-electron chi connectivity index (χ4n) is 2.32. The lowest BCUT2D eigenvalue weighted by atomic mass is 9.98. The van der Waals surface area contributed by atoms with Crippen molar-refractivity contribution in [3.8, 4) is 11.5 Å². The van der Waals surface area contributed by atoms with Crippen molar-refractivity contribution in [2.45, 2.75) is 19.4 Å². The van der Waals surface area contributed by atoms with Crippen LogP contribution in [0.2, 0.25) is 0 Å². The molecular weight excluding hydrogens is 264 g/mol. The molecule has 4 nitrogen and oxygen atoms in total. The molecule has 0 spiro atoms. The Morgan fingerprint density at radius 2 is 2.05 bits per heavy atom. The van der Waals surface area contributed by atoms with Crippen LogP contribution in [0.1, 0.15) is 30.5 Å². The van der Waals surface area contributed by atoms with Gasteiger partial charge in [0.1, 0.15) is 11.5 Å². The second-order valence-electron chi connectivity index (χ2n) is 4.78. The lowest BCUT2D eigenvalue weighted by molar-refractivity contribution is 0.400. The Hall–Kier alpha value is -2.07. The van der Waals surface area contributed by atoms with Crippen LogP contribution in [0.4, 0.5) is 0 Å². The van der Waals surface area contributed by atoms with E-state index in [2.05, 4.69) is 23.3 Å². The van der Waals surface area contributed by atoms with Gasteiger partial charge in [0.15, 0.2) is 0 Å². The van der Waals surface area contributed by atoms with Crippen molar-refractivity contribution in [1.82, 2.24) is 10.3 Å². The summed E-state index contributed by atoms with van der Waals surface area (Å²) in [5.41, 5.74) is 2.22. The minimum absolute atomic E-state index is 0.0537. The molecule has 0 aliphatic carbocycles. The van der Waals surface area contributed by atoms with E-state index in [1.807, 2.05) is 24.3 Å². The molecule has 2 aromatic rings. The third kappa shape index (κ3) is 3.73.